The molecule has 0 saturated carbocycles. The molecule has 3 heterocycles. The summed E-state index contributed by atoms with van der Waals surface area (Å²) in [5.41, 5.74) is 5.97. The molecule has 2 unspecified atom stereocenters. The average Bonchev–Trinajstić information content (AvgIpc) is 2.94. The molecule has 0 radical (unpaired) electrons. The van der Waals surface area contributed by atoms with Crippen molar-refractivity contribution in [2.24, 2.45) is 5.73 Å². The summed E-state index contributed by atoms with van der Waals surface area (Å²) in [6.07, 6.45) is 5.64. The molecular formula is C13H23N5. The Hall–Kier alpha value is -0.940. The van der Waals surface area contributed by atoms with Crippen molar-refractivity contribution in [2.75, 3.05) is 13.1 Å². The van der Waals surface area contributed by atoms with Gasteiger partial charge in [-0.15, -0.1) is 0 Å². The van der Waals surface area contributed by atoms with Crippen LogP contribution in [-0.2, 0) is 19.4 Å². The molecule has 0 amide bonds. The van der Waals surface area contributed by atoms with E-state index in [2.05, 4.69) is 21.9 Å². The van der Waals surface area contributed by atoms with Gasteiger partial charge in [-0.1, -0.05) is 6.92 Å². The second kappa shape index (κ2) is 4.97. The standard InChI is InChI=1S/C13H23N5/c1-2-17-7-3-4-11(17)8-12-15-13-6-5-10(14)9-18(13)16-12/h10-11H,2-9,14H2,1H3. The molecule has 2 aliphatic rings. The highest BCUT2D eigenvalue weighted by Crippen LogP contribution is 2.20. The molecular weight excluding hydrogens is 226 g/mol. The van der Waals surface area contributed by atoms with Gasteiger partial charge in [0.25, 0.3) is 0 Å². The van der Waals surface area contributed by atoms with Crippen molar-refractivity contribution in [3.63, 3.8) is 0 Å². The largest absolute Gasteiger partial charge is 0.326 e. The zero-order valence-electron chi connectivity index (χ0n) is 11.2. The van der Waals surface area contributed by atoms with Gasteiger partial charge >= 0.3 is 0 Å². The minimum absolute atomic E-state index is 0.255. The molecule has 1 aromatic heterocycles. The topological polar surface area (TPSA) is 60.0 Å². The predicted octanol–water partition coefficient (Wildman–Crippen LogP) is 0.578. The average molecular weight is 249 g/mol. The van der Waals surface area contributed by atoms with Gasteiger partial charge in [0.05, 0.1) is 6.54 Å². The Kier molecular flexibility index (Phi) is 3.35. The third-order valence-corrected chi connectivity index (χ3v) is 4.26. The molecule has 1 saturated heterocycles. The lowest BCUT2D eigenvalue weighted by atomic mass is 10.1. The van der Waals surface area contributed by atoms with Gasteiger partial charge in [0, 0.05) is 24.9 Å². The summed E-state index contributed by atoms with van der Waals surface area (Å²) in [6.45, 7) is 5.45. The van der Waals surface area contributed by atoms with Crippen LogP contribution in [0.3, 0.4) is 0 Å². The molecule has 0 bridgehead atoms. The summed E-state index contributed by atoms with van der Waals surface area (Å²) in [5, 5.41) is 4.63. The highest BCUT2D eigenvalue weighted by molar-refractivity contribution is 5.00. The van der Waals surface area contributed by atoms with Crippen LogP contribution in [0.4, 0.5) is 0 Å². The molecule has 0 aromatic carbocycles. The first-order chi connectivity index (χ1) is 8.76. The molecule has 2 atom stereocenters. The third kappa shape index (κ3) is 2.29. The first-order valence-corrected chi connectivity index (χ1v) is 7.18. The normalized spacial score (nSPS) is 28.6. The van der Waals surface area contributed by atoms with Crippen LogP contribution < -0.4 is 5.73 Å². The fourth-order valence-electron chi connectivity index (χ4n) is 3.23. The van der Waals surface area contributed by atoms with E-state index in [1.165, 1.54) is 19.4 Å². The van der Waals surface area contributed by atoms with Gasteiger partial charge in [0.2, 0.25) is 0 Å². The second-order valence-electron chi connectivity index (χ2n) is 5.55. The van der Waals surface area contributed by atoms with Gasteiger partial charge < -0.3 is 10.6 Å². The number of fused-ring (bicyclic) bond motifs is 1. The van der Waals surface area contributed by atoms with E-state index >= 15 is 0 Å². The summed E-state index contributed by atoms with van der Waals surface area (Å²) in [5.74, 6) is 2.15. The van der Waals surface area contributed by atoms with Crippen LogP contribution in [0.15, 0.2) is 0 Å². The number of hydrogen-bond donors (Lipinski definition) is 1. The zero-order valence-corrected chi connectivity index (χ0v) is 11.2. The van der Waals surface area contributed by atoms with Crippen molar-refractivity contribution in [2.45, 2.75) is 57.7 Å². The quantitative estimate of drug-likeness (QED) is 0.851. The monoisotopic (exact) mass is 249 g/mol. The first-order valence-electron chi connectivity index (χ1n) is 7.18. The molecule has 2 N–H and O–H groups in total. The molecule has 100 valence electrons. The van der Waals surface area contributed by atoms with Crippen LogP contribution >= 0.6 is 0 Å². The SMILES string of the molecule is CCN1CCCC1Cc1nc2n(n1)CC(N)CC2. The molecule has 5 nitrogen and oxygen atoms in total. The highest BCUT2D eigenvalue weighted by atomic mass is 15.4. The summed E-state index contributed by atoms with van der Waals surface area (Å²) < 4.78 is 2.02. The molecule has 1 aromatic rings. The van der Waals surface area contributed by atoms with E-state index in [4.69, 9.17) is 5.73 Å². The summed E-state index contributed by atoms with van der Waals surface area (Å²) in [4.78, 5) is 7.23. The van der Waals surface area contributed by atoms with Crippen molar-refractivity contribution in [3.05, 3.63) is 11.6 Å². The minimum Gasteiger partial charge on any atom is -0.326 e. The van der Waals surface area contributed by atoms with E-state index in [0.717, 1.165) is 44.0 Å². The number of hydrogen-bond acceptors (Lipinski definition) is 4. The van der Waals surface area contributed by atoms with Crippen LogP contribution in [-0.4, -0.2) is 44.8 Å². The molecule has 5 heteroatoms. The summed E-state index contributed by atoms with van der Waals surface area (Å²) >= 11 is 0. The van der Waals surface area contributed by atoms with Crippen molar-refractivity contribution in [3.8, 4) is 0 Å². The Bertz CT molecular complexity index is 414. The fraction of sp³-hybridized carbons (Fsp3) is 0.846. The number of nitrogens with zero attached hydrogens (tertiary/aromatic N) is 4. The Balaban J connectivity index is 1.70. The first kappa shape index (κ1) is 12.1. The Morgan fingerprint density at radius 1 is 1.39 bits per heavy atom. The van der Waals surface area contributed by atoms with Crippen LogP contribution in [0.1, 0.15) is 37.8 Å². The predicted molar refractivity (Wildman–Crippen MR) is 70.3 cm³/mol. The molecule has 18 heavy (non-hydrogen) atoms. The van der Waals surface area contributed by atoms with Gasteiger partial charge in [-0.3, -0.25) is 0 Å². The maximum Gasteiger partial charge on any atom is 0.152 e. The second-order valence-corrected chi connectivity index (χ2v) is 5.55. The number of rotatable bonds is 3. The van der Waals surface area contributed by atoms with Crippen molar-refractivity contribution < 1.29 is 0 Å². The van der Waals surface area contributed by atoms with E-state index in [-0.39, 0.29) is 6.04 Å². The van der Waals surface area contributed by atoms with Crippen LogP contribution in [0, 0.1) is 0 Å². The van der Waals surface area contributed by atoms with Crippen LogP contribution in [0.25, 0.3) is 0 Å². The fourth-order valence-corrected chi connectivity index (χ4v) is 3.23. The lowest BCUT2D eigenvalue weighted by molar-refractivity contribution is 0.263. The van der Waals surface area contributed by atoms with Gasteiger partial charge in [0.1, 0.15) is 5.82 Å². The Morgan fingerprint density at radius 3 is 3.11 bits per heavy atom. The van der Waals surface area contributed by atoms with E-state index in [9.17, 15) is 0 Å². The number of likely N-dealkylation sites (N-methyl/N-ethyl adjacent to an activating group) is 1. The molecule has 3 rings (SSSR count). The maximum absolute atomic E-state index is 5.97. The summed E-state index contributed by atoms with van der Waals surface area (Å²) in [7, 11) is 0. The molecule has 0 spiro atoms. The van der Waals surface area contributed by atoms with Gasteiger partial charge in [0.15, 0.2) is 5.82 Å². The Morgan fingerprint density at radius 2 is 2.28 bits per heavy atom. The van der Waals surface area contributed by atoms with Crippen molar-refractivity contribution in [1.29, 1.82) is 0 Å². The third-order valence-electron chi connectivity index (χ3n) is 4.26. The number of aromatic nitrogens is 3. The minimum atomic E-state index is 0.255. The van der Waals surface area contributed by atoms with E-state index in [1.54, 1.807) is 0 Å². The van der Waals surface area contributed by atoms with Crippen molar-refractivity contribution >= 4 is 0 Å². The van der Waals surface area contributed by atoms with Crippen molar-refractivity contribution in [1.82, 2.24) is 19.7 Å². The van der Waals surface area contributed by atoms with Crippen LogP contribution in [0.5, 0.6) is 0 Å². The number of likely N-dealkylation sites (tertiary alicyclic amines) is 1. The summed E-state index contributed by atoms with van der Waals surface area (Å²) in [6, 6.07) is 0.902. The lowest BCUT2D eigenvalue weighted by Gasteiger charge is -2.21. The highest BCUT2D eigenvalue weighted by Gasteiger charge is 2.26. The maximum atomic E-state index is 5.97. The van der Waals surface area contributed by atoms with Crippen LogP contribution in [0.2, 0.25) is 0 Å². The van der Waals surface area contributed by atoms with Gasteiger partial charge in [-0.25, -0.2) is 9.67 Å². The zero-order chi connectivity index (χ0) is 12.5. The number of aryl methyl sites for hydroxylation is 1. The van der Waals surface area contributed by atoms with E-state index in [0.29, 0.717) is 6.04 Å². The molecule has 1 fully saturated rings. The molecule has 2 aliphatic heterocycles. The van der Waals surface area contributed by atoms with E-state index < -0.39 is 0 Å². The van der Waals surface area contributed by atoms with E-state index in [1.807, 2.05) is 4.68 Å². The Labute approximate surface area is 108 Å². The van der Waals surface area contributed by atoms with Gasteiger partial charge in [-0.05, 0) is 32.4 Å². The number of nitrogens with two attached hydrogens (primary N) is 1. The van der Waals surface area contributed by atoms with Gasteiger partial charge in [-0.2, -0.15) is 5.10 Å². The lowest BCUT2D eigenvalue weighted by Crippen LogP contribution is -2.32. The smallest absolute Gasteiger partial charge is 0.152 e. The molecule has 0 aliphatic carbocycles.